The molecule has 162 valence electrons. The van der Waals surface area contributed by atoms with E-state index in [2.05, 4.69) is 4.90 Å². The van der Waals surface area contributed by atoms with Gasteiger partial charge in [0, 0.05) is 31.0 Å². The normalized spacial score (nSPS) is 23.8. The minimum Gasteiger partial charge on any atom is -0.483 e. The van der Waals surface area contributed by atoms with Gasteiger partial charge < -0.3 is 18.6 Å². The molecule has 1 fully saturated rings. The van der Waals surface area contributed by atoms with Gasteiger partial charge in [0.25, 0.3) is 0 Å². The highest BCUT2D eigenvalue weighted by molar-refractivity contribution is 5.83. The Balaban J connectivity index is 1.87. The fraction of sp³-hybridized carbons (Fsp3) is 0.565. The Labute approximate surface area is 175 Å². The summed E-state index contributed by atoms with van der Waals surface area (Å²) in [6.45, 7) is 10.4. The molecule has 0 aliphatic carbocycles. The Hall–Kier alpha value is -2.38. The number of ether oxygens (including phenoxy) is 3. The maximum atomic E-state index is 12.7. The fourth-order valence-electron chi connectivity index (χ4n) is 4.34. The highest BCUT2D eigenvalue weighted by atomic mass is 16.6. The topological polar surface area (TPSA) is 78.2 Å². The van der Waals surface area contributed by atoms with E-state index in [0.29, 0.717) is 44.1 Å². The van der Waals surface area contributed by atoms with Gasteiger partial charge in [0.1, 0.15) is 16.9 Å². The van der Waals surface area contributed by atoms with Crippen LogP contribution in [0.2, 0.25) is 0 Å². The molecule has 2 aromatic rings. The van der Waals surface area contributed by atoms with Crippen LogP contribution >= 0.6 is 0 Å². The molecule has 7 heteroatoms. The molecule has 0 amide bonds. The first-order valence-corrected chi connectivity index (χ1v) is 10.5. The van der Waals surface area contributed by atoms with E-state index in [4.69, 9.17) is 18.6 Å². The van der Waals surface area contributed by atoms with Crippen LogP contribution in [0.15, 0.2) is 33.5 Å². The Morgan fingerprint density at radius 3 is 2.60 bits per heavy atom. The number of carbonyl (C=O) groups is 1. The molecule has 30 heavy (non-hydrogen) atoms. The summed E-state index contributed by atoms with van der Waals surface area (Å²) in [7, 11) is 0. The summed E-state index contributed by atoms with van der Waals surface area (Å²) in [5.74, 6) is 0.586. The van der Waals surface area contributed by atoms with Crippen LogP contribution in [0, 0.1) is 5.92 Å². The van der Waals surface area contributed by atoms with Gasteiger partial charge in [0.15, 0.2) is 6.10 Å². The van der Waals surface area contributed by atoms with Gasteiger partial charge in [-0.1, -0.05) is 13.8 Å². The van der Waals surface area contributed by atoms with Crippen molar-refractivity contribution in [1.82, 2.24) is 4.90 Å². The Bertz CT molecular complexity index is 989. The SMILES string of the molecule is CC(C)CC(=O)OC1C(N2CCOCC2)c2c(ccc3ccc(=O)oc23)OC1(C)C. The first-order valence-electron chi connectivity index (χ1n) is 10.5. The molecule has 1 aromatic heterocycles. The largest absolute Gasteiger partial charge is 0.483 e. The minimum atomic E-state index is -0.759. The van der Waals surface area contributed by atoms with Crippen LogP contribution < -0.4 is 10.4 Å². The zero-order valence-corrected chi connectivity index (χ0v) is 18.0. The third kappa shape index (κ3) is 3.96. The Morgan fingerprint density at radius 2 is 1.90 bits per heavy atom. The standard InChI is InChI=1S/C23H29NO6/c1-14(2)13-18(26)29-22-20(24-9-11-27-12-10-24)19-16(30-23(22,3)4)7-5-15-6-8-17(25)28-21(15)19/h5-8,14,20,22H,9-13H2,1-4H3. The molecule has 0 saturated carbocycles. The van der Waals surface area contributed by atoms with Crippen molar-refractivity contribution < 1.29 is 23.4 Å². The first kappa shape index (κ1) is 20.9. The van der Waals surface area contributed by atoms with Gasteiger partial charge in [-0.2, -0.15) is 0 Å². The fourth-order valence-corrected chi connectivity index (χ4v) is 4.34. The summed E-state index contributed by atoms with van der Waals surface area (Å²) >= 11 is 0. The number of hydrogen-bond donors (Lipinski definition) is 0. The number of hydrogen-bond acceptors (Lipinski definition) is 7. The molecule has 0 spiro atoms. The van der Waals surface area contributed by atoms with Crippen molar-refractivity contribution in [2.75, 3.05) is 26.3 Å². The van der Waals surface area contributed by atoms with Crippen LogP contribution in [0.4, 0.5) is 0 Å². The van der Waals surface area contributed by atoms with Gasteiger partial charge in [-0.15, -0.1) is 0 Å². The maximum Gasteiger partial charge on any atom is 0.336 e. The third-order valence-electron chi connectivity index (χ3n) is 5.70. The molecule has 0 N–H and O–H groups in total. The minimum absolute atomic E-state index is 0.193. The number of fused-ring (bicyclic) bond motifs is 3. The van der Waals surface area contributed by atoms with Crippen molar-refractivity contribution in [3.8, 4) is 5.75 Å². The summed E-state index contributed by atoms with van der Waals surface area (Å²) in [4.78, 5) is 26.9. The number of morpholine rings is 1. The lowest BCUT2D eigenvalue weighted by atomic mass is 9.84. The van der Waals surface area contributed by atoms with Crippen LogP contribution in [-0.4, -0.2) is 48.9 Å². The quantitative estimate of drug-likeness (QED) is 0.560. The van der Waals surface area contributed by atoms with E-state index in [1.54, 1.807) is 6.07 Å². The van der Waals surface area contributed by atoms with Gasteiger partial charge in [-0.3, -0.25) is 9.69 Å². The van der Waals surface area contributed by atoms with Crippen molar-refractivity contribution >= 4 is 16.9 Å². The third-order valence-corrected chi connectivity index (χ3v) is 5.70. The van der Waals surface area contributed by atoms with Gasteiger partial charge >= 0.3 is 11.6 Å². The van der Waals surface area contributed by atoms with Crippen molar-refractivity contribution in [1.29, 1.82) is 0 Å². The molecular formula is C23H29NO6. The second-order valence-electron chi connectivity index (χ2n) is 8.96. The molecule has 7 nitrogen and oxygen atoms in total. The molecule has 0 radical (unpaired) electrons. The zero-order chi connectivity index (χ0) is 21.5. The predicted octanol–water partition coefficient (Wildman–Crippen LogP) is 3.30. The molecule has 2 aliphatic heterocycles. The van der Waals surface area contributed by atoms with Gasteiger partial charge in [-0.25, -0.2) is 4.79 Å². The average molecular weight is 415 g/mol. The van der Waals surface area contributed by atoms with Crippen LogP contribution in [-0.2, 0) is 14.3 Å². The lowest BCUT2D eigenvalue weighted by Gasteiger charge is -2.48. The van der Waals surface area contributed by atoms with Crippen molar-refractivity contribution in [3.05, 3.63) is 40.2 Å². The van der Waals surface area contributed by atoms with Gasteiger partial charge in [0.2, 0.25) is 0 Å². The number of nitrogens with zero attached hydrogens (tertiary/aromatic N) is 1. The number of carbonyl (C=O) groups excluding carboxylic acids is 1. The average Bonchev–Trinajstić information content (AvgIpc) is 2.68. The number of esters is 1. The van der Waals surface area contributed by atoms with E-state index in [1.165, 1.54) is 6.07 Å². The smallest absolute Gasteiger partial charge is 0.336 e. The summed E-state index contributed by atoms with van der Waals surface area (Å²) < 4.78 is 23.5. The van der Waals surface area contributed by atoms with E-state index in [1.807, 2.05) is 39.8 Å². The second kappa shape index (κ2) is 8.04. The monoisotopic (exact) mass is 415 g/mol. The summed E-state index contributed by atoms with van der Waals surface area (Å²) in [6.07, 6.45) is -0.231. The van der Waals surface area contributed by atoms with Crippen LogP contribution in [0.5, 0.6) is 5.75 Å². The van der Waals surface area contributed by atoms with Crippen molar-refractivity contribution in [2.24, 2.45) is 5.92 Å². The molecule has 1 aromatic carbocycles. The zero-order valence-electron chi connectivity index (χ0n) is 18.0. The Kier molecular flexibility index (Phi) is 5.59. The molecule has 2 aliphatic rings. The predicted molar refractivity (Wildman–Crippen MR) is 112 cm³/mol. The lowest BCUT2D eigenvalue weighted by molar-refractivity contribution is -0.174. The van der Waals surface area contributed by atoms with E-state index in [9.17, 15) is 9.59 Å². The summed E-state index contributed by atoms with van der Waals surface area (Å²) in [5, 5.41) is 0.808. The van der Waals surface area contributed by atoms with Crippen LogP contribution in [0.1, 0.15) is 45.7 Å². The highest BCUT2D eigenvalue weighted by Crippen LogP contribution is 2.47. The van der Waals surface area contributed by atoms with Crippen molar-refractivity contribution in [3.63, 3.8) is 0 Å². The van der Waals surface area contributed by atoms with E-state index in [-0.39, 0.29) is 17.9 Å². The maximum absolute atomic E-state index is 12.7. The number of rotatable bonds is 4. The summed E-state index contributed by atoms with van der Waals surface area (Å²) in [5.41, 5.74) is 0.0613. The molecule has 2 unspecified atom stereocenters. The molecule has 4 rings (SSSR count). The van der Waals surface area contributed by atoms with Gasteiger partial charge in [-0.05, 0) is 38.0 Å². The second-order valence-corrected chi connectivity index (χ2v) is 8.96. The first-order chi connectivity index (χ1) is 14.3. The molecular weight excluding hydrogens is 386 g/mol. The molecule has 0 bridgehead atoms. The van der Waals surface area contributed by atoms with Crippen LogP contribution in [0.3, 0.4) is 0 Å². The van der Waals surface area contributed by atoms with E-state index in [0.717, 1.165) is 10.9 Å². The Morgan fingerprint density at radius 1 is 1.20 bits per heavy atom. The van der Waals surface area contributed by atoms with E-state index >= 15 is 0 Å². The highest BCUT2D eigenvalue weighted by Gasteiger charge is 2.50. The summed E-state index contributed by atoms with van der Waals surface area (Å²) in [6, 6.07) is 6.63. The van der Waals surface area contributed by atoms with E-state index < -0.39 is 17.3 Å². The lowest BCUT2D eigenvalue weighted by Crippen LogP contribution is -2.57. The number of benzene rings is 1. The van der Waals surface area contributed by atoms with Crippen molar-refractivity contribution in [2.45, 2.75) is 51.9 Å². The van der Waals surface area contributed by atoms with Crippen LogP contribution in [0.25, 0.3) is 11.0 Å². The molecule has 1 saturated heterocycles. The van der Waals surface area contributed by atoms with Gasteiger partial charge in [0.05, 0.1) is 24.8 Å². The molecule has 3 heterocycles. The molecule has 2 atom stereocenters.